The largest absolute Gasteiger partial charge is 0.337 e. The lowest BCUT2D eigenvalue weighted by atomic mass is 10.00. The molecule has 0 bridgehead atoms. The minimum absolute atomic E-state index is 0.00542. The van der Waals surface area contributed by atoms with Crippen LogP contribution >= 0.6 is 0 Å². The molecule has 1 N–H and O–H groups in total. The third-order valence-electron chi connectivity index (χ3n) is 5.49. The Labute approximate surface area is 151 Å². The van der Waals surface area contributed by atoms with Crippen LogP contribution in [0.5, 0.6) is 0 Å². The van der Waals surface area contributed by atoms with Gasteiger partial charge >= 0.3 is 0 Å². The van der Waals surface area contributed by atoms with Crippen molar-refractivity contribution < 1.29 is 4.79 Å². The molecule has 1 aromatic rings. The zero-order valence-corrected chi connectivity index (χ0v) is 15.4. The van der Waals surface area contributed by atoms with E-state index < -0.39 is 5.54 Å². The zero-order valence-electron chi connectivity index (χ0n) is 15.4. The smallest absolute Gasteiger partial charge is 0.235 e. The standard InChI is InChI=1S/C21H29N3O/c1-16(2)18-7-5-17(6-8-18)13-24(19-9-10-19)14-20(25)23-21(15-22)11-3-4-12-21/h5-8,16,19H,3-4,9-14H2,1-2H3,(H,23,25). The van der Waals surface area contributed by atoms with Crippen LogP contribution in [0.2, 0.25) is 0 Å². The van der Waals surface area contributed by atoms with Gasteiger partial charge in [0.25, 0.3) is 0 Å². The van der Waals surface area contributed by atoms with E-state index >= 15 is 0 Å². The lowest BCUT2D eigenvalue weighted by Crippen LogP contribution is -2.49. The van der Waals surface area contributed by atoms with E-state index in [0.717, 1.165) is 32.2 Å². The molecule has 0 aliphatic heterocycles. The van der Waals surface area contributed by atoms with Crippen LogP contribution in [0.4, 0.5) is 0 Å². The Balaban J connectivity index is 1.60. The maximum absolute atomic E-state index is 12.5. The summed E-state index contributed by atoms with van der Waals surface area (Å²) in [7, 11) is 0. The topological polar surface area (TPSA) is 56.1 Å². The first-order valence-corrected chi connectivity index (χ1v) is 9.56. The second kappa shape index (κ2) is 7.58. The number of hydrogen-bond acceptors (Lipinski definition) is 3. The molecule has 1 amide bonds. The number of carbonyl (C=O) groups is 1. The summed E-state index contributed by atoms with van der Waals surface area (Å²) < 4.78 is 0. The molecule has 0 heterocycles. The lowest BCUT2D eigenvalue weighted by Gasteiger charge is -2.26. The molecule has 0 saturated heterocycles. The van der Waals surface area contributed by atoms with Crippen LogP contribution in [0, 0.1) is 11.3 Å². The summed E-state index contributed by atoms with van der Waals surface area (Å²) >= 11 is 0. The quantitative estimate of drug-likeness (QED) is 0.823. The van der Waals surface area contributed by atoms with Crippen molar-refractivity contribution in [1.29, 1.82) is 5.26 Å². The van der Waals surface area contributed by atoms with Gasteiger partial charge < -0.3 is 5.32 Å². The number of rotatable bonds is 7. The number of hydrogen-bond donors (Lipinski definition) is 1. The van der Waals surface area contributed by atoms with E-state index in [9.17, 15) is 10.1 Å². The first-order valence-electron chi connectivity index (χ1n) is 9.56. The average molecular weight is 339 g/mol. The van der Waals surface area contributed by atoms with Crippen molar-refractivity contribution in [1.82, 2.24) is 10.2 Å². The summed E-state index contributed by atoms with van der Waals surface area (Å²) in [6.45, 7) is 5.59. The molecule has 0 radical (unpaired) electrons. The average Bonchev–Trinajstić information content (AvgIpc) is 3.35. The highest BCUT2D eigenvalue weighted by molar-refractivity contribution is 5.79. The summed E-state index contributed by atoms with van der Waals surface area (Å²) in [4.78, 5) is 14.8. The molecule has 1 aromatic carbocycles. The highest BCUT2D eigenvalue weighted by Crippen LogP contribution is 2.30. The Hall–Kier alpha value is -1.86. The Morgan fingerprint density at radius 1 is 1.28 bits per heavy atom. The second-order valence-corrected chi connectivity index (χ2v) is 7.98. The van der Waals surface area contributed by atoms with E-state index in [0.29, 0.717) is 18.5 Å². The minimum atomic E-state index is -0.620. The predicted octanol–water partition coefficient (Wildman–Crippen LogP) is 3.73. The lowest BCUT2D eigenvalue weighted by molar-refractivity contribution is -0.123. The fraction of sp³-hybridized carbons (Fsp3) is 0.619. The van der Waals surface area contributed by atoms with Crippen LogP contribution in [0.25, 0.3) is 0 Å². The normalized spacial score (nSPS) is 19.2. The van der Waals surface area contributed by atoms with E-state index in [2.05, 4.69) is 54.4 Å². The monoisotopic (exact) mass is 339 g/mol. The number of nitriles is 1. The van der Waals surface area contributed by atoms with Crippen molar-refractivity contribution in [2.75, 3.05) is 6.54 Å². The molecular weight excluding hydrogens is 310 g/mol. The van der Waals surface area contributed by atoms with E-state index in [1.807, 2.05) is 0 Å². The number of nitrogens with zero attached hydrogens (tertiary/aromatic N) is 2. The van der Waals surface area contributed by atoms with Crippen molar-refractivity contribution in [3.63, 3.8) is 0 Å². The van der Waals surface area contributed by atoms with Gasteiger partial charge in [-0.2, -0.15) is 5.26 Å². The summed E-state index contributed by atoms with van der Waals surface area (Å²) in [6, 6.07) is 11.6. The van der Waals surface area contributed by atoms with Crippen LogP contribution in [-0.2, 0) is 11.3 Å². The van der Waals surface area contributed by atoms with Gasteiger partial charge in [0.15, 0.2) is 0 Å². The fourth-order valence-electron chi connectivity index (χ4n) is 3.73. The van der Waals surface area contributed by atoms with E-state index in [-0.39, 0.29) is 5.91 Å². The zero-order chi connectivity index (χ0) is 17.9. The highest BCUT2D eigenvalue weighted by Gasteiger charge is 2.37. The Kier molecular flexibility index (Phi) is 5.44. The molecule has 0 atom stereocenters. The maximum Gasteiger partial charge on any atom is 0.235 e. The molecule has 2 aliphatic carbocycles. The molecule has 0 spiro atoms. The second-order valence-electron chi connectivity index (χ2n) is 7.98. The van der Waals surface area contributed by atoms with E-state index in [4.69, 9.17) is 0 Å². The van der Waals surface area contributed by atoms with E-state index in [1.54, 1.807) is 0 Å². The summed E-state index contributed by atoms with van der Waals surface area (Å²) in [5.74, 6) is 0.530. The molecular formula is C21H29N3O. The minimum Gasteiger partial charge on any atom is -0.337 e. The third-order valence-corrected chi connectivity index (χ3v) is 5.49. The van der Waals surface area contributed by atoms with Crippen LogP contribution in [-0.4, -0.2) is 28.9 Å². The Morgan fingerprint density at radius 2 is 1.92 bits per heavy atom. The molecule has 2 saturated carbocycles. The van der Waals surface area contributed by atoms with Gasteiger partial charge in [0.2, 0.25) is 5.91 Å². The van der Waals surface area contributed by atoms with Crippen LogP contribution in [0.3, 0.4) is 0 Å². The Bertz CT molecular complexity index is 634. The molecule has 2 fully saturated rings. The number of amides is 1. The Morgan fingerprint density at radius 3 is 2.44 bits per heavy atom. The van der Waals surface area contributed by atoms with Gasteiger partial charge in [0.1, 0.15) is 5.54 Å². The SMILES string of the molecule is CC(C)c1ccc(CN(CC(=O)NC2(C#N)CCCC2)C2CC2)cc1. The molecule has 134 valence electrons. The maximum atomic E-state index is 12.5. The van der Waals surface area contributed by atoms with E-state index in [1.165, 1.54) is 24.0 Å². The number of carbonyl (C=O) groups excluding carboxylic acids is 1. The van der Waals surface area contributed by atoms with Crippen molar-refractivity contribution in [2.24, 2.45) is 0 Å². The first-order chi connectivity index (χ1) is 12.0. The van der Waals surface area contributed by atoms with Gasteiger partial charge in [-0.25, -0.2) is 0 Å². The van der Waals surface area contributed by atoms with Crippen LogP contribution in [0.15, 0.2) is 24.3 Å². The van der Waals surface area contributed by atoms with Gasteiger partial charge in [-0.15, -0.1) is 0 Å². The third kappa shape index (κ3) is 4.61. The highest BCUT2D eigenvalue weighted by atomic mass is 16.2. The molecule has 4 nitrogen and oxygen atoms in total. The van der Waals surface area contributed by atoms with Crippen molar-refractivity contribution in [2.45, 2.75) is 76.4 Å². The molecule has 0 unspecified atom stereocenters. The molecule has 25 heavy (non-hydrogen) atoms. The fourth-order valence-corrected chi connectivity index (χ4v) is 3.73. The number of benzene rings is 1. The van der Waals surface area contributed by atoms with Gasteiger partial charge in [-0.3, -0.25) is 9.69 Å². The molecule has 0 aromatic heterocycles. The summed E-state index contributed by atoms with van der Waals surface area (Å²) in [5.41, 5.74) is 1.97. The summed E-state index contributed by atoms with van der Waals surface area (Å²) in [5, 5.41) is 12.5. The molecule has 2 aliphatic rings. The van der Waals surface area contributed by atoms with Gasteiger partial charge in [-0.1, -0.05) is 38.1 Å². The van der Waals surface area contributed by atoms with Gasteiger partial charge in [-0.05, 0) is 55.6 Å². The van der Waals surface area contributed by atoms with Crippen molar-refractivity contribution in [3.8, 4) is 6.07 Å². The first kappa shape index (κ1) is 17.9. The van der Waals surface area contributed by atoms with Crippen molar-refractivity contribution >= 4 is 5.91 Å². The van der Waals surface area contributed by atoms with Crippen LogP contribution < -0.4 is 5.32 Å². The van der Waals surface area contributed by atoms with Gasteiger partial charge in [0, 0.05) is 12.6 Å². The van der Waals surface area contributed by atoms with Crippen LogP contribution in [0.1, 0.15) is 69.4 Å². The van der Waals surface area contributed by atoms with Gasteiger partial charge in [0.05, 0.1) is 12.6 Å². The predicted molar refractivity (Wildman–Crippen MR) is 98.9 cm³/mol. The molecule has 4 heteroatoms. The number of nitrogens with one attached hydrogen (secondary N) is 1. The molecule has 3 rings (SSSR count). The summed E-state index contributed by atoms with van der Waals surface area (Å²) in [6.07, 6.45) is 5.97. The van der Waals surface area contributed by atoms with Crippen molar-refractivity contribution in [3.05, 3.63) is 35.4 Å².